The van der Waals surface area contributed by atoms with Crippen LogP contribution in [0.5, 0.6) is 0 Å². The molecule has 0 saturated heterocycles. The van der Waals surface area contributed by atoms with Crippen molar-refractivity contribution in [3.8, 4) is 0 Å². The van der Waals surface area contributed by atoms with Gasteiger partial charge in [-0.05, 0) is 45.8 Å². The predicted octanol–water partition coefficient (Wildman–Crippen LogP) is 0.905. The molecule has 0 amide bonds. The van der Waals surface area contributed by atoms with E-state index in [4.69, 9.17) is 10.2 Å². The first kappa shape index (κ1) is 32.2. The van der Waals surface area contributed by atoms with Crippen molar-refractivity contribution in [2.24, 2.45) is 0 Å². The third-order valence-corrected chi connectivity index (χ3v) is 3.26. The Morgan fingerprint density at radius 1 is 0.966 bits per heavy atom. The second-order valence-electron chi connectivity index (χ2n) is 4.65. The summed E-state index contributed by atoms with van der Waals surface area (Å²) in [5.74, 6) is 0. The quantitative estimate of drug-likeness (QED) is 0.387. The summed E-state index contributed by atoms with van der Waals surface area (Å²) < 4.78 is 1.02. The standard InChI is InChI=1S/C7H9NO2.C7H7N.C5H4BrN.C2H3.BrH.Mg/c9-5-7(10)6-2-1-3-8-4-6;1-2-7-4-3-5-8-6-7;6-5-2-1-3-7-4-5;1-2;;/h1-4,7,9-10H,5H2;2-6H,1H2;1-4H;1H,2H2;1H;/q;;;-1;;+2/p-1. The van der Waals surface area contributed by atoms with E-state index in [1.807, 2.05) is 24.3 Å². The number of rotatable bonds is 3. The molecular weight excluding hydrogens is 510 g/mol. The first-order valence-corrected chi connectivity index (χ1v) is 8.64. The van der Waals surface area contributed by atoms with Crippen molar-refractivity contribution in [1.82, 2.24) is 15.0 Å². The van der Waals surface area contributed by atoms with Gasteiger partial charge < -0.3 is 33.8 Å². The first-order valence-electron chi connectivity index (χ1n) is 7.85. The van der Waals surface area contributed by atoms with Gasteiger partial charge in [0.15, 0.2) is 0 Å². The van der Waals surface area contributed by atoms with Crippen LogP contribution >= 0.6 is 15.9 Å². The van der Waals surface area contributed by atoms with Gasteiger partial charge in [-0.25, -0.2) is 0 Å². The minimum atomic E-state index is -0.798. The van der Waals surface area contributed by atoms with Crippen LogP contribution in [0, 0.1) is 6.58 Å². The van der Waals surface area contributed by atoms with Crippen LogP contribution in [0.2, 0.25) is 0 Å². The van der Waals surface area contributed by atoms with Crippen LogP contribution in [0.4, 0.5) is 0 Å². The zero-order valence-electron chi connectivity index (χ0n) is 16.0. The summed E-state index contributed by atoms with van der Waals surface area (Å²) in [5, 5.41) is 17.5. The van der Waals surface area contributed by atoms with Gasteiger partial charge in [0.25, 0.3) is 0 Å². The Morgan fingerprint density at radius 3 is 1.76 bits per heavy atom. The number of hydrogen-bond acceptors (Lipinski definition) is 5. The van der Waals surface area contributed by atoms with Gasteiger partial charge in [0, 0.05) is 47.2 Å². The number of aromatic nitrogens is 3. The van der Waals surface area contributed by atoms with E-state index in [-0.39, 0.29) is 46.6 Å². The molecule has 0 aromatic carbocycles. The maximum atomic E-state index is 9.04. The van der Waals surface area contributed by atoms with Gasteiger partial charge in [-0.2, -0.15) is 0 Å². The summed E-state index contributed by atoms with van der Waals surface area (Å²) in [6.07, 6.45) is 11.1. The van der Waals surface area contributed by atoms with E-state index in [0.29, 0.717) is 5.56 Å². The van der Waals surface area contributed by atoms with Crippen molar-refractivity contribution in [3.05, 3.63) is 109 Å². The average Bonchev–Trinajstić information content (AvgIpc) is 2.77. The molecule has 0 spiro atoms. The van der Waals surface area contributed by atoms with Crippen LogP contribution in [0.3, 0.4) is 0 Å². The zero-order chi connectivity index (χ0) is 20.3. The second-order valence-corrected chi connectivity index (χ2v) is 5.56. The largest absolute Gasteiger partial charge is 2.00 e. The van der Waals surface area contributed by atoms with E-state index >= 15 is 0 Å². The maximum absolute atomic E-state index is 9.04. The van der Waals surface area contributed by atoms with Gasteiger partial charge in [0.1, 0.15) is 6.10 Å². The Morgan fingerprint density at radius 2 is 1.48 bits per heavy atom. The van der Waals surface area contributed by atoms with Crippen molar-refractivity contribution >= 4 is 45.1 Å². The van der Waals surface area contributed by atoms with Gasteiger partial charge in [0.05, 0.1) is 6.61 Å². The minimum absolute atomic E-state index is 0. The van der Waals surface area contributed by atoms with Crippen molar-refractivity contribution < 1.29 is 27.2 Å². The molecule has 2 N–H and O–H groups in total. The first-order chi connectivity index (χ1) is 13.2. The summed E-state index contributed by atoms with van der Waals surface area (Å²) in [7, 11) is 0. The van der Waals surface area contributed by atoms with Crippen LogP contribution in [-0.4, -0.2) is 54.8 Å². The predicted molar refractivity (Wildman–Crippen MR) is 118 cm³/mol. The molecule has 3 aromatic rings. The van der Waals surface area contributed by atoms with Crippen molar-refractivity contribution in [3.63, 3.8) is 0 Å². The van der Waals surface area contributed by atoms with E-state index in [0.717, 1.165) is 10.0 Å². The molecule has 29 heavy (non-hydrogen) atoms. The number of aliphatic hydroxyl groups excluding tert-OH is 2. The van der Waals surface area contributed by atoms with E-state index in [9.17, 15) is 0 Å². The van der Waals surface area contributed by atoms with E-state index in [1.165, 1.54) is 6.20 Å². The SMILES string of the molecule is Brc1cccnc1.C=Cc1cccnc1.OCC(O)c1cccnc1.[Br-].[CH-]=C.[Mg+2]. The molecule has 0 aliphatic heterocycles. The third kappa shape index (κ3) is 17.2. The summed E-state index contributed by atoms with van der Waals surface area (Å²) >= 11 is 3.25. The number of hydrogen-bond donors (Lipinski definition) is 2. The normalized spacial score (nSPS) is 9.07. The Hall–Kier alpha value is -1.42. The topological polar surface area (TPSA) is 79.1 Å². The molecule has 0 saturated carbocycles. The molecule has 1 atom stereocenters. The van der Waals surface area contributed by atoms with Gasteiger partial charge in [-0.1, -0.05) is 24.8 Å². The van der Waals surface area contributed by atoms with E-state index in [2.05, 4.69) is 50.6 Å². The van der Waals surface area contributed by atoms with Gasteiger partial charge in [0.2, 0.25) is 0 Å². The fourth-order valence-electron chi connectivity index (χ4n) is 1.52. The van der Waals surface area contributed by atoms with Crippen molar-refractivity contribution in [2.45, 2.75) is 6.10 Å². The molecule has 0 aliphatic carbocycles. The molecule has 3 heterocycles. The monoisotopic (exact) mass is 531 g/mol. The maximum Gasteiger partial charge on any atom is 2.00 e. The van der Waals surface area contributed by atoms with Gasteiger partial charge in [-0.15, -0.1) is 0 Å². The molecule has 3 rings (SSSR count). The van der Waals surface area contributed by atoms with Crippen LogP contribution in [0.1, 0.15) is 17.2 Å². The molecule has 0 radical (unpaired) electrons. The van der Waals surface area contributed by atoms with Gasteiger partial charge in [-0.3, -0.25) is 21.5 Å². The zero-order valence-corrected chi connectivity index (χ0v) is 20.6. The molecular formula is C21H23Br2MgN3O2. The van der Waals surface area contributed by atoms with Crippen LogP contribution in [-0.2, 0) is 0 Å². The number of pyridine rings is 3. The van der Waals surface area contributed by atoms with Crippen LogP contribution < -0.4 is 17.0 Å². The summed E-state index contributed by atoms with van der Waals surface area (Å²) in [6, 6.07) is 11.1. The van der Waals surface area contributed by atoms with Gasteiger partial charge >= 0.3 is 23.1 Å². The molecule has 150 valence electrons. The fraction of sp³-hybridized carbons (Fsp3) is 0.0952. The average molecular weight is 534 g/mol. The summed E-state index contributed by atoms with van der Waals surface area (Å²) in [5.41, 5.74) is 1.71. The Bertz CT molecular complexity index is 724. The minimum Gasteiger partial charge on any atom is -1.00 e. The molecule has 0 fully saturated rings. The van der Waals surface area contributed by atoms with E-state index < -0.39 is 6.10 Å². The number of nitrogens with zero attached hydrogens (tertiary/aromatic N) is 3. The molecule has 0 aliphatic rings. The molecule has 1 unspecified atom stereocenters. The Kier molecular flexibility index (Phi) is 25.4. The summed E-state index contributed by atoms with van der Waals surface area (Å²) in [4.78, 5) is 11.5. The van der Waals surface area contributed by atoms with Crippen molar-refractivity contribution in [1.29, 1.82) is 0 Å². The number of halogens is 2. The summed E-state index contributed by atoms with van der Waals surface area (Å²) in [6.45, 7) is 10.3. The smallest absolute Gasteiger partial charge is 1.00 e. The second kappa shape index (κ2) is 22.9. The third-order valence-electron chi connectivity index (χ3n) is 2.79. The van der Waals surface area contributed by atoms with Crippen LogP contribution in [0.25, 0.3) is 6.08 Å². The Labute approximate surface area is 207 Å². The fourth-order valence-corrected chi connectivity index (χ4v) is 1.79. The van der Waals surface area contributed by atoms with Crippen LogP contribution in [0.15, 0.2) is 91.2 Å². The molecule has 5 nitrogen and oxygen atoms in total. The molecule has 3 aromatic heterocycles. The van der Waals surface area contributed by atoms with Crippen molar-refractivity contribution in [2.75, 3.05) is 6.61 Å². The van der Waals surface area contributed by atoms with E-state index in [1.54, 1.807) is 49.2 Å². The Balaban J connectivity index is -0.000000328. The molecule has 0 bridgehead atoms. The molecule has 8 heteroatoms. The number of aliphatic hydroxyl groups is 2.